The fraction of sp³-hybridized carbons (Fsp3) is 0.233. The van der Waals surface area contributed by atoms with Crippen LogP contribution in [0.4, 0.5) is 0 Å². The molecule has 0 fully saturated rings. The van der Waals surface area contributed by atoms with E-state index in [1.165, 1.54) is 39.5 Å². The minimum absolute atomic E-state index is 0.182. The molecule has 0 radical (unpaired) electrons. The normalized spacial score (nSPS) is 11.8. The SMILES string of the molecule is CC/C(=C(\c1ccccc1)c1ccc(OCCN(C)Cc2ccc(-c3cn(CCn4ccc(=O)c(O)c4CC)nn3)cc2)cc1)c1ccccc1. The van der Waals surface area contributed by atoms with Crippen molar-refractivity contribution in [3.63, 3.8) is 0 Å². The third-order valence-electron chi connectivity index (χ3n) is 9.13. The Morgan fingerprint density at radius 3 is 2.14 bits per heavy atom. The van der Waals surface area contributed by atoms with Crippen molar-refractivity contribution in [1.29, 1.82) is 0 Å². The highest BCUT2D eigenvalue weighted by molar-refractivity contribution is 5.98. The summed E-state index contributed by atoms with van der Waals surface area (Å²) in [5.41, 5.74) is 9.47. The van der Waals surface area contributed by atoms with E-state index < -0.39 is 0 Å². The lowest BCUT2D eigenvalue weighted by Gasteiger charge is -2.18. The molecule has 4 aromatic carbocycles. The molecule has 6 aromatic rings. The third-order valence-corrected chi connectivity index (χ3v) is 9.13. The number of ether oxygens (including phenoxy) is 1. The van der Waals surface area contributed by atoms with Gasteiger partial charge in [-0.2, -0.15) is 0 Å². The molecule has 0 aliphatic rings. The molecule has 0 amide bonds. The van der Waals surface area contributed by atoms with Gasteiger partial charge in [0.05, 0.1) is 18.4 Å². The van der Waals surface area contributed by atoms with E-state index in [0.29, 0.717) is 31.8 Å². The largest absolute Gasteiger partial charge is 0.503 e. The molecular weight excluding hydrogens is 635 g/mol. The van der Waals surface area contributed by atoms with Gasteiger partial charge in [-0.25, -0.2) is 0 Å². The van der Waals surface area contributed by atoms with Crippen molar-refractivity contribution in [2.75, 3.05) is 20.2 Å². The summed E-state index contributed by atoms with van der Waals surface area (Å²) in [7, 11) is 2.10. The monoisotopic (exact) mass is 679 g/mol. The van der Waals surface area contributed by atoms with Crippen molar-refractivity contribution >= 4 is 11.1 Å². The Morgan fingerprint density at radius 1 is 0.804 bits per heavy atom. The number of hydrogen-bond donors (Lipinski definition) is 1. The van der Waals surface area contributed by atoms with Gasteiger partial charge >= 0.3 is 0 Å². The van der Waals surface area contributed by atoms with Crippen molar-refractivity contribution < 1.29 is 9.84 Å². The van der Waals surface area contributed by atoms with Crippen LogP contribution < -0.4 is 10.2 Å². The Balaban J connectivity index is 1.02. The first-order valence-electron chi connectivity index (χ1n) is 17.6. The van der Waals surface area contributed by atoms with Crippen LogP contribution in [0.15, 0.2) is 132 Å². The van der Waals surface area contributed by atoms with Crippen LogP contribution in [0.1, 0.15) is 48.2 Å². The second kappa shape index (κ2) is 16.8. The molecular formula is C43H45N5O3. The van der Waals surface area contributed by atoms with Crippen LogP contribution >= 0.6 is 0 Å². The number of allylic oxidation sites excluding steroid dienone is 1. The van der Waals surface area contributed by atoms with E-state index >= 15 is 0 Å². The molecule has 0 saturated heterocycles. The number of benzene rings is 4. The summed E-state index contributed by atoms with van der Waals surface area (Å²) in [5, 5.41) is 18.8. The van der Waals surface area contributed by atoms with Gasteiger partial charge in [-0.05, 0) is 65.4 Å². The lowest BCUT2D eigenvalue weighted by molar-refractivity contribution is 0.233. The van der Waals surface area contributed by atoms with Crippen LogP contribution in [-0.2, 0) is 26.1 Å². The average molecular weight is 680 g/mol. The Morgan fingerprint density at radius 2 is 1.47 bits per heavy atom. The van der Waals surface area contributed by atoms with E-state index in [1.54, 1.807) is 10.9 Å². The lowest BCUT2D eigenvalue weighted by Crippen LogP contribution is -2.23. The molecule has 0 spiro atoms. The van der Waals surface area contributed by atoms with Gasteiger partial charge in [-0.1, -0.05) is 116 Å². The van der Waals surface area contributed by atoms with Gasteiger partial charge < -0.3 is 14.4 Å². The van der Waals surface area contributed by atoms with Gasteiger partial charge in [0.1, 0.15) is 18.1 Å². The summed E-state index contributed by atoms with van der Waals surface area (Å²) in [6.07, 6.45) is 5.13. The predicted molar refractivity (Wildman–Crippen MR) is 205 cm³/mol. The third kappa shape index (κ3) is 8.71. The predicted octanol–water partition coefficient (Wildman–Crippen LogP) is 7.95. The highest BCUT2D eigenvalue weighted by atomic mass is 16.5. The van der Waals surface area contributed by atoms with E-state index in [2.05, 4.69) is 138 Å². The van der Waals surface area contributed by atoms with Gasteiger partial charge in [0, 0.05) is 37.5 Å². The minimum Gasteiger partial charge on any atom is -0.503 e. The zero-order chi connectivity index (χ0) is 35.6. The Hall–Kier alpha value is -5.73. The maximum atomic E-state index is 11.8. The molecule has 0 aliphatic carbocycles. The lowest BCUT2D eigenvalue weighted by atomic mass is 9.88. The topological polar surface area (TPSA) is 85.4 Å². The summed E-state index contributed by atoms with van der Waals surface area (Å²) in [6.45, 7) is 7.44. The number of pyridine rings is 1. The molecule has 2 aromatic heterocycles. The zero-order valence-electron chi connectivity index (χ0n) is 29.6. The molecule has 8 heteroatoms. The molecule has 0 bridgehead atoms. The van der Waals surface area contributed by atoms with Crippen molar-refractivity contribution in [3.05, 3.63) is 166 Å². The minimum atomic E-state index is -0.355. The van der Waals surface area contributed by atoms with Gasteiger partial charge in [0.25, 0.3) is 0 Å². The molecule has 0 aliphatic heterocycles. The number of aromatic hydroxyl groups is 1. The van der Waals surface area contributed by atoms with Crippen molar-refractivity contribution in [3.8, 4) is 22.8 Å². The molecule has 260 valence electrons. The highest BCUT2D eigenvalue weighted by Gasteiger charge is 2.14. The van der Waals surface area contributed by atoms with E-state index in [1.807, 2.05) is 17.7 Å². The van der Waals surface area contributed by atoms with Gasteiger partial charge in [0.2, 0.25) is 5.43 Å². The van der Waals surface area contributed by atoms with E-state index in [4.69, 9.17) is 4.74 Å². The van der Waals surface area contributed by atoms with Gasteiger partial charge in [-0.15, -0.1) is 5.10 Å². The Bertz CT molecular complexity index is 2100. The Labute approximate surface area is 299 Å². The number of nitrogens with zero attached hydrogens (tertiary/aromatic N) is 5. The summed E-state index contributed by atoms with van der Waals surface area (Å²) in [6, 6.07) is 39.5. The first kappa shape index (κ1) is 35.1. The number of likely N-dealkylation sites (N-methyl/N-ethyl adjacent to an activating group) is 1. The molecule has 0 unspecified atom stereocenters. The summed E-state index contributed by atoms with van der Waals surface area (Å²) < 4.78 is 9.85. The molecule has 6 rings (SSSR count). The summed E-state index contributed by atoms with van der Waals surface area (Å²) >= 11 is 0. The molecule has 1 N–H and O–H groups in total. The maximum Gasteiger partial charge on any atom is 0.223 e. The maximum absolute atomic E-state index is 11.8. The summed E-state index contributed by atoms with van der Waals surface area (Å²) in [5.74, 6) is 0.677. The van der Waals surface area contributed by atoms with Gasteiger partial charge in [0.15, 0.2) is 5.75 Å². The van der Waals surface area contributed by atoms with Crippen LogP contribution in [0, 0.1) is 0 Å². The van der Waals surface area contributed by atoms with E-state index in [0.717, 1.165) is 36.5 Å². The number of aromatic nitrogens is 4. The molecule has 2 heterocycles. The van der Waals surface area contributed by atoms with Gasteiger partial charge in [-0.3, -0.25) is 14.4 Å². The second-order valence-corrected chi connectivity index (χ2v) is 12.6. The van der Waals surface area contributed by atoms with Crippen LogP contribution in [0.5, 0.6) is 11.5 Å². The summed E-state index contributed by atoms with van der Waals surface area (Å²) in [4.78, 5) is 14.0. The zero-order valence-corrected chi connectivity index (χ0v) is 29.6. The number of hydrogen-bond acceptors (Lipinski definition) is 6. The van der Waals surface area contributed by atoms with Crippen LogP contribution in [-0.4, -0.2) is 49.8 Å². The quantitative estimate of drug-likeness (QED) is 0.111. The number of rotatable bonds is 15. The van der Waals surface area contributed by atoms with Crippen molar-refractivity contribution in [2.45, 2.75) is 46.3 Å². The molecule has 8 nitrogen and oxygen atoms in total. The highest BCUT2D eigenvalue weighted by Crippen LogP contribution is 2.35. The Kier molecular flexibility index (Phi) is 11.6. The molecule has 51 heavy (non-hydrogen) atoms. The molecule has 0 saturated carbocycles. The number of aryl methyl sites for hydroxylation is 2. The van der Waals surface area contributed by atoms with Crippen molar-refractivity contribution in [1.82, 2.24) is 24.5 Å². The van der Waals surface area contributed by atoms with Crippen molar-refractivity contribution in [2.24, 2.45) is 0 Å². The fourth-order valence-electron chi connectivity index (χ4n) is 6.43. The standard InChI is InChI=1S/C43H45N5O3/c1-4-38(33-12-8-6-9-13-33)42(35-14-10-7-11-15-35)36-20-22-37(23-21-36)51-29-28-46(3)30-32-16-18-34(19-17-32)39-31-48(45-44-39)27-26-47-25-24-41(49)43(50)40(47)5-2/h6-25,31,50H,4-5,26-30H2,1-3H3/b42-38-. The van der Waals surface area contributed by atoms with E-state index in [-0.39, 0.29) is 11.2 Å². The van der Waals surface area contributed by atoms with E-state index in [9.17, 15) is 9.90 Å². The van der Waals surface area contributed by atoms with Crippen LogP contribution in [0.3, 0.4) is 0 Å². The smallest absolute Gasteiger partial charge is 0.223 e. The molecule has 0 atom stereocenters. The fourth-order valence-corrected chi connectivity index (χ4v) is 6.43. The second-order valence-electron chi connectivity index (χ2n) is 12.6. The van der Waals surface area contributed by atoms with Crippen LogP contribution in [0.25, 0.3) is 22.4 Å². The first-order chi connectivity index (χ1) is 24.9. The average Bonchev–Trinajstić information content (AvgIpc) is 3.65. The first-order valence-corrected chi connectivity index (χ1v) is 17.6. The van der Waals surface area contributed by atoms with Crippen LogP contribution in [0.2, 0.25) is 0 Å².